The van der Waals surface area contributed by atoms with Crippen LogP contribution in [0.5, 0.6) is 0 Å². The first kappa shape index (κ1) is 9.50. The molecule has 0 aliphatic heterocycles. The van der Waals surface area contributed by atoms with Crippen molar-refractivity contribution in [1.29, 1.82) is 0 Å². The van der Waals surface area contributed by atoms with Crippen molar-refractivity contribution in [3.63, 3.8) is 0 Å². The van der Waals surface area contributed by atoms with E-state index in [0.29, 0.717) is 5.41 Å². The molecule has 0 saturated carbocycles. The van der Waals surface area contributed by atoms with Crippen molar-refractivity contribution in [2.45, 2.75) is 47.0 Å². The Labute approximate surface area is 74.9 Å². The topological polar surface area (TPSA) is 17.1 Å². The minimum Gasteiger partial charge on any atom is -0.295 e. The van der Waals surface area contributed by atoms with Crippen molar-refractivity contribution in [2.24, 2.45) is 5.41 Å². The molecule has 1 heteroatoms. The Balaban J connectivity index is 2.89. The minimum atomic E-state index is 0.264. The van der Waals surface area contributed by atoms with Gasteiger partial charge in [-0.05, 0) is 44.1 Å². The summed E-state index contributed by atoms with van der Waals surface area (Å²) >= 11 is 0. The van der Waals surface area contributed by atoms with E-state index >= 15 is 0 Å². The summed E-state index contributed by atoms with van der Waals surface area (Å²) in [7, 11) is 0. The fourth-order valence-electron chi connectivity index (χ4n) is 1.82. The predicted molar refractivity (Wildman–Crippen MR) is 51.0 cm³/mol. The molecule has 0 N–H and O–H groups in total. The largest absolute Gasteiger partial charge is 0.295 e. The second-order valence-electron chi connectivity index (χ2n) is 4.66. The molecule has 0 unspecified atom stereocenters. The first-order chi connectivity index (χ1) is 5.42. The van der Waals surface area contributed by atoms with E-state index in [0.717, 1.165) is 18.4 Å². The lowest BCUT2D eigenvalue weighted by atomic mass is 9.74. The highest BCUT2D eigenvalue weighted by atomic mass is 16.1. The smallest absolute Gasteiger partial charge is 0.155 e. The van der Waals surface area contributed by atoms with E-state index in [-0.39, 0.29) is 5.78 Å². The first-order valence-electron chi connectivity index (χ1n) is 4.62. The third kappa shape index (κ3) is 1.96. The molecule has 0 aromatic rings. The van der Waals surface area contributed by atoms with Crippen LogP contribution >= 0.6 is 0 Å². The molecule has 1 aliphatic carbocycles. The lowest BCUT2D eigenvalue weighted by Gasteiger charge is -2.31. The van der Waals surface area contributed by atoms with E-state index in [4.69, 9.17) is 0 Å². The van der Waals surface area contributed by atoms with E-state index in [1.807, 2.05) is 0 Å². The normalized spacial score (nSPS) is 22.7. The Kier molecular flexibility index (Phi) is 2.41. The van der Waals surface area contributed by atoms with Gasteiger partial charge in [-0.3, -0.25) is 4.79 Å². The summed E-state index contributed by atoms with van der Waals surface area (Å²) in [5.41, 5.74) is 2.72. The second-order valence-corrected chi connectivity index (χ2v) is 4.66. The second kappa shape index (κ2) is 3.04. The summed E-state index contributed by atoms with van der Waals surface area (Å²) in [6.45, 7) is 8.25. The van der Waals surface area contributed by atoms with Gasteiger partial charge in [-0.25, -0.2) is 0 Å². The van der Waals surface area contributed by atoms with Crippen LogP contribution < -0.4 is 0 Å². The summed E-state index contributed by atoms with van der Waals surface area (Å²) in [4.78, 5) is 11.2. The molecule has 68 valence electrons. The molecule has 0 aromatic carbocycles. The predicted octanol–water partition coefficient (Wildman–Crippen LogP) is 3.10. The van der Waals surface area contributed by atoms with Crippen LogP contribution in [0, 0.1) is 5.41 Å². The first-order valence-corrected chi connectivity index (χ1v) is 4.62. The van der Waals surface area contributed by atoms with Crippen LogP contribution in [0.4, 0.5) is 0 Å². The van der Waals surface area contributed by atoms with Gasteiger partial charge in [-0.1, -0.05) is 19.4 Å². The average molecular weight is 166 g/mol. The van der Waals surface area contributed by atoms with Crippen molar-refractivity contribution in [1.82, 2.24) is 0 Å². The summed E-state index contributed by atoms with van der Waals surface area (Å²) < 4.78 is 0. The fourth-order valence-corrected chi connectivity index (χ4v) is 1.82. The molecule has 0 saturated heterocycles. The SMILES string of the molecule is CC(=O)C1=C(C)CCC(C)(C)C1. The average Bonchev–Trinajstić information content (AvgIpc) is 1.94. The summed E-state index contributed by atoms with van der Waals surface area (Å²) in [5, 5.41) is 0. The quantitative estimate of drug-likeness (QED) is 0.585. The Morgan fingerprint density at radius 3 is 2.42 bits per heavy atom. The number of carbonyl (C=O) groups is 1. The maximum Gasteiger partial charge on any atom is 0.155 e. The van der Waals surface area contributed by atoms with Gasteiger partial charge in [0, 0.05) is 0 Å². The van der Waals surface area contributed by atoms with Crippen molar-refractivity contribution < 1.29 is 4.79 Å². The standard InChI is InChI=1S/C11H18O/c1-8-5-6-11(3,4)7-10(8)9(2)12/h5-7H2,1-4H3. The van der Waals surface area contributed by atoms with Crippen LogP contribution in [-0.2, 0) is 4.79 Å². The molecule has 1 nitrogen and oxygen atoms in total. The molecular weight excluding hydrogens is 148 g/mol. The van der Waals surface area contributed by atoms with Gasteiger partial charge >= 0.3 is 0 Å². The monoisotopic (exact) mass is 166 g/mol. The van der Waals surface area contributed by atoms with Crippen LogP contribution in [0.2, 0.25) is 0 Å². The molecule has 12 heavy (non-hydrogen) atoms. The van der Waals surface area contributed by atoms with Gasteiger partial charge in [0.2, 0.25) is 0 Å². The molecule has 0 fully saturated rings. The van der Waals surface area contributed by atoms with E-state index in [1.165, 1.54) is 12.0 Å². The molecule has 1 rings (SSSR count). The molecular formula is C11H18O. The molecule has 0 bridgehead atoms. The van der Waals surface area contributed by atoms with Gasteiger partial charge in [0.15, 0.2) is 5.78 Å². The molecule has 0 radical (unpaired) electrons. The Morgan fingerprint density at radius 2 is 2.00 bits per heavy atom. The maximum atomic E-state index is 11.2. The third-order valence-corrected chi connectivity index (χ3v) is 2.77. The van der Waals surface area contributed by atoms with Gasteiger partial charge in [0.25, 0.3) is 0 Å². The van der Waals surface area contributed by atoms with Crippen LogP contribution in [0.15, 0.2) is 11.1 Å². The lowest BCUT2D eigenvalue weighted by Crippen LogP contribution is -2.20. The van der Waals surface area contributed by atoms with E-state index in [1.54, 1.807) is 6.92 Å². The van der Waals surface area contributed by atoms with Crippen LogP contribution in [0.3, 0.4) is 0 Å². The number of carbonyl (C=O) groups excluding carboxylic acids is 1. The van der Waals surface area contributed by atoms with E-state index in [9.17, 15) is 4.79 Å². The highest BCUT2D eigenvalue weighted by Crippen LogP contribution is 2.38. The zero-order valence-electron chi connectivity index (χ0n) is 8.53. The minimum absolute atomic E-state index is 0.264. The van der Waals surface area contributed by atoms with Gasteiger partial charge in [0.1, 0.15) is 0 Å². The fraction of sp³-hybridized carbons (Fsp3) is 0.727. The lowest BCUT2D eigenvalue weighted by molar-refractivity contribution is -0.114. The van der Waals surface area contributed by atoms with Crippen molar-refractivity contribution in [3.8, 4) is 0 Å². The number of Topliss-reactive ketones (excluding diaryl/α,β-unsaturated/α-hetero) is 1. The highest BCUT2D eigenvalue weighted by Gasteiger charge is 2.26. The van der Waals surface area contributed by atoms with Crippen molar-refractivity contribution in [3.05, 3.63) is 11.1 Å². The molecule has 0 heterocycles. The number of ketones is 1. The van der Waals surface area contributed by atoms with E-state index < -0.39 is 0 Å². The maximum absolute atomic E-state index is 11.2. The number of hydrogen-bond donors (Lipinski definition) is 0. The number of hydrogen-bond acceptors (Lipinski definition) is 1. The summed E-state index contributed by atoms with van der Waals surface area (Å²) in [6.07, 6.45) is 3.28. The van der Waals surface area contributed by atoms with Crippen molar-refractivity contribution >= 4 is 5.78 Å². The Morgan fingerprint density at radius 1 is 1.42 bits per heavy atom. The van der Waals surface area contributed by atoms with Gasteiger partial charge < -0.3 is 0 Å². The van der Waals surface area contributed by atoms with Crippen LogP contribution in [0.25, 0.3) is 0 Å². The van der Waals surface area contributed by atoms with E-state index in [2.05, 4.69) is 20.8 Å². The zero-order chi connectivity index (χ0) is 9.35. The highest BCUT2D eigenvalue weighted by molar-refractivity contribution is 5.94. The number of allylic oxidation sites excluding steroid dienone is 2. The van der Waals surface area contributed by atoms with Gasteiger partial charge in [-0.15, -0.1) is 0 Å². The third-order valence-electron chi connectivity index (χ3n) is 2.77. The van der Waals surface area contributed by atoms with Gasteiger partial charge in [-0.2, -0.15) is 0 Å². The zero-order valence-corrected chi connectivity index (χ0v) is 8.53. The Hall–Kier alpha value is -0.590. The van der Waals surface area contributed by atoms with Crippen molar-refractivity contribution in [2.75, 3.05) is 0 Å². The van der Waals surface area contributed by atoms with Crippen LogP contribution in [-0.4, -0.2) is 5.78 Å². The van der Waals surface area contributed by atoms with Crippen LogP contribution in [0.1, 0.15) is 47.0 Å². The molecule has 0 aromatic heterocycles. The summed E-state index contributed by atoms with van der Waals surface area (Å²) in [6, 6.07) is 0. The number of rotatable bonds is 1. The summed E-state index contributed by atoms with van der Waals surface area (Å²) in [5.74, 6) is 0.264. The molecule has 0 atom stereocenters. The molecule has 0 spiro atoms. The molecule has 0 amide bonds. The Bertz CT molecular complexity index is 233. The van der Waals surface area contributed by atoms with Gasteiger partial charge in [0.05, 0.1) is 0 Å². The molecule has 1 aliphatic rings.